The minimum atomic E-state index is 0. The Kier molecular flexibility index (Phi) is 19.7. The molecule has 196 valence electrons. The van der Waals surface area contributed by atoms with Gasteiger partial charge in [0.15, 0.2) is 0 Å². The van der Waals surface area contributed by atoms with E-state index in [2.05, 4.69) is 133 Å². The largest absolute Gasteiger partial charge is 1.00 e. The maximum atomic E-state index is 3.39. The van der Waals surface area contributed by atoms with E-state index in [9.17, 15) is 0 Å². The summed E-state index contributed by atoms with van der Waals surface area (Å²) in [7, 11) is 0. The molecule has 45 heavy (non-hydrogen) atoms. The summed E-state index contributed by atoms with van der Waals surface area (Å²) in [5.41, 5.74) is 4.75. The second-order valence-electron chi connectivity index (χ2n) is 9.86. The summed E-state index contributed by atoms with van der Waals surface area (Å²) in [6.45, 7) is 0. The molecule has 0 aliphatic heterocycles. The van der Waals surface area contributed by atoms with Crippen molar-refractivity contribution < 1.29 is 206 Å². The van der Waals surface area contributed by atoms with Crippen LogP contribution in [0.3, 0.4) is 0 Å². The molecule has 0 saturated heterocycles. The van der Waals surface area contributed by atoms with E-state index >= 15 is 0 Å². The molecule has 8 aromatic rings. The first-order chi connectivity index (χ1) is 19.8. The molecule has 0 heterocycles. The van der Waals surface area contributed by atoms with Crippen LogP contribution in [0, 0.1) is 24.3 Å². The van der Waals surface area contributed by atoms with Gasteiger partial charge in [-0.05, 0) is 11.1 Å². The molecule has 0 unspecified atom stereocenters. The topological polar surface area (TPSA) is 0 Å². The van der Waals surface area contributed by atoms with Gasteiger partial charge in [-0.1, -0.05) is 68.1 Å². The molecule has 0 fully saturated rings. The smallest absolute Gasteiger partial charge is 0.218 e. The Morgan fingerprint density at radius 3 is 1.20 bits per heavy atom. The standard InChI is InChI=1S/2C20H12.CH4.4K/c1-3-11-17-15(7-1)9-5-13-19(17)20-14-6-10-16-8-2-4-12-18(16)20;1-3-7-17-13-19(11-9-15(17)5-1)20-12-10-16-6-2-4-8-18(16)14-20;;;;;/h1-12H;3-14H;1H4;;;;/q2*-2;;4*+1. The Morgan fingerprint density at radius 2 is 0.756 bits per heavy atom. The van der Waals surface area contributed by atoms with Gasteiger partial charge in [0, 0.05) is 0 Å². The molecular weight excluding hydrogens is 649 g/mol. The third-order valence-corrected chi connectivity index (χ3v) is 7.39. The van der Waals surface area contributed by atoms with Crippen LogP contribution in [0.15, 0.2) is 146 Å². The van der Waals surface area contributed by atoms with Crippen molar-refractivity contribution in [3.05, 3.63) is 170 Å². The van der Waals surface area contributed by atoms with Crippen molar-refractivity contribution in [1.29, 1.82) is 0 Å². The Morgan fingerprint density at radius 1 is 0.356 bits per heavy atom. The van der Waals surface area contributed by atoms with E-state index in [0.717, 1.165) is 11.1 Å². The average molecular weight is 677 g/mol. The van der Waals surface area contributed by atoms with Gasteiger partial charge in [0.05, 0.1) is 0 Å². The molecule has 0 N–H and O–H groups in total. The van der Waals surface area contributed by atoms with Crippen molar-refractivity contribution in [2.75, 3.05) is 0 Å². The van der Waals surface area contributed by atoms with E-state index < -0.39 is 0 Å². The molecule has 0 amide bonds. The number of hydrogen-bond donors (Lipinski definition) is 0. The van der Waals surface area contributed by atoms with E-state index in [1.165, 1.54) is 54.2 Å². The first-order valence-electron chi connectivity index (χ1n) is 13.4. The first kappa shape index (κ1) is 42.5. The van der Waals surface area contributed by atoms with Crippen molar-refractivity contribution in [2.24, 2.45) is 0 Å². The zero-order valence-electron chi connectivity index (χ0n) is 25.9. The SMILES string of the molecule is C.[K+].[K+].[K+].[K+].[c-]1ccc2cc(-c3ccc4c[c-]ccc4c3)ccc2c1.[c-]1ccc2ccccc2c1-c1[c-]ccc2ccccc12. The fraction of sp³-hybridized carbons (Fsp3) is 0.0244. The minimum Gasteiger partial charge on any atom is -0.218 e. The summed E-state index contributed by atoms with van der Waals surface area (Å²) in [6.07, 6.45) is 0. The minimum absolute atomic E-state index is 0. The van der Waals surface area contributed by atoms with E-state index in [1.807, 2.05) is 36.4 Å². The zero-order valence-corrected chi connectivity index (χ0v) is 38.3. The maximum Gasteiger partial charge on any atom is 1.00 e. The van der Waals surface area contributed by atoms with Gasteiger partial charge in [0.1, 0.15) is 0 Å². The van der Waals surface area contributed by atoms with Crippen LogP contribution in [0.4, 0.5) is 0 Å². The molecule has 0 bridgehead atoms. The van der Waals surface area contributed by atoms with Crippen molar-refractivity contribution in [3.8, 4) is 22.3 Å². The van der Waals surface area contributed by atoms with Crippen LogP contribution in [0.5, 0.6) is 0 Å². The van der Waals surface area contributed by atoms with Crippen LogP contribution in [0.25, 0.3) is 65.3 Å². The van der Waals surface area contributed by atoms with Gasteiger partial charge in [-0.15, -0.1) is 79.5 Å². The van der Waals surface area contributed by atoms with Crippen LogP contribution in [0.2, 0.25) is 0 Å². The summed E-state index contributed by atoms with van der Waals surface area (Å²) in [5, 5.41) is 9.89. The molecule has 8 rings (SSSR count). The van der Waals surface area contributed by atoms with E-state index in [1.54, 1.807) is 0 Å². The van der Waals surface area contributed by atoms with Crippen molar-refractivity contribution in [2.45, 2.75) is 7.43 Å². The van der Waals surface area contributed by atoms with Crippen LogP contribution in [-0.4, -0.2) is 0 Å². The van der Waals surface area contributed by atoms with Crippen LogP contribution < -0.4 is 206 Å². The molecule has 0 atom stereocenters. The van der Waals surface area contributed by atoms with Gasteiger partial charge in [0.25, 0.3) is 0 Å². The van der Waals surface area contributed by atoms with E-state index in [4.69, 9.17) is 0 Å². The monoisotopic (exact) mass is 676 g/mol. The number of hydrogen-bond acceptors (Lipinski definition) is 0. The molecule has 0 radical (unpaired) electrons. The Hall–Kier alpha value is 1.35. The third kappa shape index (κ3) is 10.2. The Labute approximate surface area is 437 Å². The molecule has 0 spiro atoms. The maximum absolute atomic E-state index is 3.39. The number of rotatable bonds is 2. The molecule has 8 aromatic carbocycles. The van der Waals surface area contributed by atoms with Gasteiger partial charge in [-0.3, -0.25) is 0 Å². The normalized spacial score (nSPS) is 9.78. The van der Waals surface area contributed by atoms with Gasteiger partial charge in [0.2, 0.25) is 0 Å². The molecule has 0 aromatic heterocycles. The molecule has 0 nitrogen and oxygen atoms in total. The predicted molar refractivity (Wildman–Crippen MR) is 176 cm³/mol. The molecule has 0 saturated carbocycles. The Balaban J connectivity index is 0.000000282. The fourth-order valence-corrected chi connectivity index (χ4v) is 5.35. The fourth-order valence-electron chi connectivity index (χ4n) is 5.35. The van der Waals surface area contributed by atoms with Gasteiger partial charge >= 0.3 is 206 Å². The van der Waals surface area contributed by atoms with Crippen molar-refractivity contribution >= 4 is 43.1 Å². The summed E-state index contributed by atoms with van der Waals surface area (Å²) in [5.74, 6) is 0. The summed E-state index contributed by atoms with van der Waals surface area (Å²) >= 11 is 0. The van der Waals surface area contributed by atoms with Crippen LogP contribution in [-0.2, 0) is 0 Å². The van der Waals surface area contributed by atoms with Crippen molar-refractivity contribution in [1.82, 2.24) is 0 Å². The summed E-state index contributed by atoms with van der Waals surface area (Å²) in [4.78, 5) is 0. The second-order valence-corrected chi connectivity index (χ2v) is 9.86. The van der Waals surface area contributed by atoms with Gasteiger partial charge < -0.3 is 0 Å². The average Bonchev–Trinajstić information content (AvgIpc) is 3.04. The summed E-state index contributed by atoms with van der Waals surface area (Å²) in [6, 6.07) is 63.4. The summed E-state index contributed by atoms with van der Waals surface area (Å²) < 4.78 is 0. The van der Waals surface area contributed by atoms with E-state index in [0.29, 0.717) is 0 Å². The second kappa shape index (κ2) is 20.9. The number of fused-ring (bicyclic) bond motifs is 4. The molecule has 4 heteroatoms. The number of benzene rings is 8. The van der Waals surface area contributed by atoms with Crippen LogP contribution >= 0.6 is 0 Å². The van der Waals surface area contributed by atoms with Crippen LogP contribution in [0.1, 0.15) is 7.43 Å². The first-order valence-corrected chi connectivity index (χ1v) is 13.4. The van der Waals surface area contributed by atoms with Crippen molar-refractivity contribution in [3.63, 3.8) is 0 Å². The quantitative estimate of drug-likeness (QED) is 0.166. The zero-order chi connectivity index (χ0) is 26.7. The van der Waals surface area contributed by atoms with Gasteiger partial charge in [-0.2, -0.15) is 72.8 Å². The Bertz CT molecular complexity index is 1970. The van der Waals surface area contributed by atoms with Gasteiger partial charge in [-0.25, -0.2) is 11.1 Å². The van der Waals surface area contributed by atoms with E-state index in [-0.39, 0.29) is 213 Å². The molecule has 0 aliphatic carbocycles. The third-order valence-electron chi connectivity index (χ3n) is 7.39. The molecule has 0 aliphatic rings. The predicted octanol–water partition coefficient (Wildman–Crippen LogP) is -0.827. The molecular formula is C41H28K4.